The Morgan fingerprint density at radius 1 is 1.12 bits per heavy atom. The number of pyridine rings is 1. The summed E-state index contributed by atoms with van der Waals surface area (Å²) in [5, 5.41) is 9.11. The van der Waals surface area contributed by atoms with E-state index in [9.17, 15) is 21.6 Å². The molecule has 0 bridgehead atoms. The van der Waals surface area contributed by atoms with Crippen LogP contribution < -0.4 is 8.45 Å². The lowest BCUT2D eigenvalue weighted by Crippen LogP contribution is -2.35. The van der Waals surface area contributed by atoms with Gasteiger partial charge in [0.05, 0.1) is 24.3 Å². The lowest BCUT2D eigenvalue weighted by molar-refractivity contribution is 0.0697. The van der Waals surface area contributed by atoms with Crippen LogP contribution in [0.4, 0.5) is 5.69 Å². The first-order chi connectivity index (χ1) is 11.5. The average molecular weight is 386 g/mol. The lowest BCUT2D eigenvalue weighted by atomic mass is 10.2. The standard InChI is InChI=1S/C14H14N2O7S2/c1-24(19,20)16(25(2,21)22)12-8-10(14(17)18)5-6-13(12)23-11-4-3-7-15-9-11/h3-9H,1-2H3,(H,17,18). The molecule has 1 N–H and O–H groups in total. The molecule has 0 unspecified atom stereocenters. The van der Waals surface area contributed by atoms with Crippen molar-refractivity contribution >= 4 is 31.7 Å². The minimum Gasteiger partial charge on any atom is -0.478 e. The maximum absolute atomic E-state index is 12.0. The van der Waals surface area contributed by atoms with E-state index in [1.807, 2.05) is 0 Å². The Kier molecular flexibility index (Phi) is 4.99. The first-order valence-electron chi connectivity index (χ1n) is 6.66. The Morgan fingerprint density at radius 2 is 1.76 bits per heavy atom. The molecule has 0 aliphatic carbocycles. The summed E-state index contributed by atoms with van der Waals surface area (Å²) < 4.78 is 53.6. The van der Waals surface area contributed by atoms with Gasteiger partial charge in [-0.05, 0) is 30.3 Å². The average Bonchev–Trinajstić information content (AvgIpc) is 2.47. The van der Waals surface area contributed by atoms with Crippen molar-refractivity contribution in [1.29, 1.82) is 0 Å². The number of carbonyl (C=O) groups is 1. The monoisotopic (exact) mass is 386 g/mol. The SMILES string of the molecule is CS(=O)(=O)N(c1cc(C(=O)O)ccc1Oc1cccnc1)S(C)(=O)=O. The summed E-state index contributed by atoms with van der Waals surface area (Å²) in [4.78, 5) is 15.0. The highest BCUT2D eigenvalue weighted by Gasteiger charge is 2.31. The molecular weight excluding hydrogens is 372 g/mol. The second-order valence-corrected chi connectivity index (χ2v) is 8.90. The van der Waals surface area contributed by atoms with Gasteiger partial charge in [0.25, 0.3) is 0 Å². The molecule has 9 nitrogen and oxygen atoms in total. The minimum atomic E-state index is -4.28. The number of carboxylic acids is 1. The van der Waals surface area contributed by atoms with Gasteiger partial charge in [-0.3, -0.25) is 4.98 Å². The highest BCUT2D eigenvalue weighted by molar-refractivity contribution is 8.09. The van der Waals surface area contributed by atoms with Crippen molar-refractivity contribution in [3.63, 3.8) is 0 Å². The molecule has 0 amide bonds. The van der Waals surface area contributed by atoms with Crippen molar-refractivity contribution in [3.8, 4) is 11.5 Å². The van der Waals surface area contributed by atoms with E-state index in [4.69, 9.17) is 9.84 Å². The Balaban J connectivity index is 2.71. The number of ether oxygens (including phenoxy) is 1. The molecule has 0 saturated heterocycles. The van der Waals surface area contributed by atoms with Crippen molar-refractivity contribution in [3.05, 3.63) is 48.3 Å². The highest BCUT2D eigenvalue weighted by Crippen LogP contribution is 2.36. The summed E-state index contributed by atoms with van der Waals surface area (Å²) in [6.07, 6.45) is 4.20. The van der Waals surface area contributed by atoms with Crippen molar-refractivity contribution in [2.24, 2.45) is 0 Å². The van der Waals surface area contributed by atoms with Gasteiger partial charge in [0.15, 0.2) is 5.75 Å². The van der Waals surface area contributed by atoms with Gasteiger partial charge in [0.2, 0.25) is 20.0 Å². The fraction of sp³-hybridized carbons (Fsp3) is 0.143. The van der Waals surface area contributed by atoms with E-state index in [1.54, 1.807) is 6.07 Å². The first-order valence-corrected chi connectivity index (χ1v) is 10.4. The Morgan fingerprint density at radius 3 is 2.24 bits per heavy atom. The smallest absolute Gasteiger partial charge is 0.335 e. The fourth-order valence-electron chi connectivity index (χ4n) is 2.02. The zero-order valence-electron chi connectivity index (χ0n) is 13.1. The molecule has 1 aromatic heterocycles. The van der Waals surface area contributed by atoms with Gasteiger partial charge in [-0.15, -0.1) is 0 Å². The fourth-order valence-corrected chi connectivity index (χ4v) is 4.98. The van der Waals surface area contributed by atoms with Gasteiger partial charge in [-0.1, -0.05) is 0 Å². The molecule has 0 spiro atoms. The Hall–Kier alpha value is -2.66. The zero-order valence-corrected chi connectivity index (χ0v) is 14.8. The summed E-state index contributed by atoms with van der Waals surface area (Å²) in [7, 11) is -8.55. The van der Waals surface area contributed by atoms with E-state index >= 15 is 0 Å². The van der Waals surface area contributed by atoms with Gasteiger partial charge in [-0.2, -0.15) is 3.71 Å². The van der Waals surface area contributed by atoms with Crippen LogP contribution in [0.5, 0.6) is 11.5 Å². The van der Waals surface area contributed by atoms with Crippen LogP contribution in [0, 0.1) is 0 Å². The molecule has 0 radical (unpaired) electrons. The predicted molar refractivity (Wildman–Crippen MR) is 89.9 cm³/mol. The maximum Gasteiger partial charge on any atom is 0.335 e. The number of rotatable bonds is 6. The van der Waals surface area contributed by atoms with Crippen molar-refractivity contribution in [2.45, 2.75) is 0 Å². The lowest BCUT2D eigenvalue weighted by Gasteiger charge is -2.22. The topological polar surface area (TPSA) is 131 Å². The molecule has 0 atom stereocenters. The number of anilines is 1. The summed E-state index contributed by atoms with van der Waals surface area (Å²) in [5.41, 5.74) is -0.736. The van der Waals surface area contributed by atoms with Crippen molar-refractivity contribution < 1.29 is 31.5 Å². The molecule has 0 aliphatic rings. The summed E-state index contributed by atoms with van der Waals surface area (Å²) >= 11 is 0. The van der Waals surface area contributed by atoms with Crippen molar-refractivity contribution in [2.75, 3.05) is 16.2 Å². The third-order valence-electron chi connectivity index (χ3n) is 2.87. The molecule has 134 valence electrons. The molecule has 2 aromatic rings. The van der Waals surface area contributed by atoms with Gasteiger partial charge in [0, 0.05) is 6.20 Å². The molecule has 1 heterocycles. The van der Waals surface area contributed by atoms with E-state index in [1.165, 1.54) is 30.6 Å². The molecule has 1 aromatic carbocycles. The largest absolute Gasteiger partial charge is 0.478 e. The zero-order chi connectivity index (χ0) is 18.8. The molecule has 2 rings (SSSR count). The number of aromatic nitrogens is 1. The summed E-state index contributed by atoms with van der Waals surface area (Å²) in [6, 6.07) is 6.34. The van der Waals surface area contributed by atoms with Gasteiger partial charge >= 0.3 is 5.97 Å². The van der Waals surface area contributed by atoms with Crippen LogP contribution in [0.1, 0.15) is 10.4 Å². The quantitative estimate of drug-likeness (QED) is 0.786. The maximum atomic E-state index is 12.0. The predicted octanol–water partition coefficient (Wildman–Crippen LogP) is 1.30. The van der Waals surface area contributed by atoms with Gasteiger partial charge < -0.3 is 9.84 Å². The van der Waals surface area contributed by atoms with Crippen LogP contribution in [-0.2, 0) is 20.0 Å². The number of sulfonamides is 2. The van der Waals surface area contributed by atoms with Gasteiger partial charge in [0.1, 0.15) is 11.4 Å². The normalized spacial score (nSPS) is 11.8. The summed E-state index contributed by atoms with van der Waals surface area (Å²) in [5.74, 6) is -1.29. The number of carboxylic acid groups (broad SMARTS) is 1. The molecule has 11 heteroatoms. The first kappa shape index (κ1) is 18.7. The second kappa shape index (κ2) is 6.69. The van der Waals surface area contributed by atoms with E-state index in [0.29, 0.717) is 12.5 Å². The van der Waals surface area contributed by atoms with E-state index in [2.05, 4.69) is 4.98 Å². The number of hydrogen-bond acceptors (Lipinski definition) is 7. The Bertz CT molecular complexity index is 971. The molecule has 0 saturated carbocycles. The van der Waals surface area contributed by atoms with Crippen LogP contribution in [0.25, 0.3) is 0 Å². The molecule has 0 aliphatic heterocycles. The number of nitrogens with zero attached hydrogens (tertiary/aromatic N) is 2. The van der Waals surface area contributed by atoms with Crippen LogP contribution in [0.3, 0.4) is 0 Å². The third-order valence-corrected chi connectivity index (χ3v) is 6.09. The van der Waals surface area contributed by atoms with E-state index < -0.39 is 31.7 Å². The van der Waals surface area contributed by atoms with Crippen LogP contribution in [0.2, 0.25) is 0 Å². The van der Waals surface area contributed by atoms with Crippen molar-refractivity contribution in [1.82, 2.24) is 4.98 Å². The van der Waals surface area contributed by atoms with E-state index in [0.717, 1.165) is 6.07 Å². The van der Waals surface area contributed by atoms with Crippen LogP contribution >= 0.6 is 0 Å². The molecule has 0 fully saturated rings. The third kappa shape index (κ3) is 4.45. The number of aromatic carboxylic acids is 1. The highest BCUT2D eigenvalue weighted by atomic mass is 32.3. The van der Waals surface area contributed by atoms with E-state index in [-0.39, 0.29) is 20.8 Å². The van der Waals surface area contributed by atoms with Crippen LogP contribution in [0.15, 0.2) is 42.7 Å². The Labute approximate surface area is 144 Å². The van der Waals surface area contributed by atoms with Gasteiger partial charge in [-0.25, -0.2) is 21.6 Å². The second-order valence-electron chi connectivity index (χ2n) is 5.00. The molecule has 25 heavy (non-hydrogen) atoms. The number of benzene rings is 1. The number of hydrogen-bond donors (Lipinski definition) is 1. The summed E-state index contributed by atoms with van der Waals surface area (Å²) in [6.45, 7) is 0. The molecular formula is C14H14N2O7S2. The minimum absolute atomic E-state index is 0.123. The van der Waals surface area contributed by atoms with Crippen LogP contribution in [-0.4, -0.2) is 45.4 Å².